The van der Waals surface area contributed by atoms with E-state index in [1.54, 1.807) is 0 Å². The van der Waals surface area contributed by atoms with Crippen LogP contribution in [0.5, 0.6) is 0 Å². The van der Waals surface area contributed by atoms with E-state index in [1.807, 2.05) is 29.5 Å². The van der Waals surface area contributed by atoms with Crippen LogP contribution in [0.4, 0.5) is 0 Å². The van der Waals surface area contributed by atoms with E-state index in [-0.39, 0.29) is 0 Å². The molecule has 0 aliphatic carbocycles. The SMILES string of the molecule is c1ccc(-c2nc(-c3cccc(-c4cccc5cccc(-c6ccccc6)c45)c3)nc(-n3c4ccccc4c4ccc(-c5cccc6sc7ccccc7c56)cc43)n2)cc1. The Labute approximate surface area is 350 Å². The summed E-state index contributed by atoms with van der Waals surface area (Å²) in [6, 6.07) is 73.3. The maximum atomic E-state index is 5.36. The van der Waals surface area contributed by atoms with E-state index < -0.39 is 0 Å². The molecule has 12 rings (SSSR count). The Kier molecular flexibility index (Phi) is 8.00. The van der Waals surface area contributed by atoms with Gasteiger partial charge in [0.15, 0.2) is 11.6 Å². The number of hydrogen-bond acceptors (Lipinski definition) is 4. The zero-order chi connectivity index (χ0) is 39.6. The summed E-state index contributed by atoms with van der Waals surface area (Å²) in [5.41, 5.74) is 10.9. The Hall–Kier alpha value is -7.73. The van der Waals surface area contributed by atoms with Crippen molar-refractivity contribution in [1.29, 1.82) is 0 Å². The average molecular weight is 783 g/mol. The van der Waals surface area contributed by atoms with Crippen LogP contribution in [0.1, 0.15) is 0 Å². The van der Waals surface area contributed by atoms with Crippen molar-refractivity contribution in [3.05, 3.63) is 206 Å². The van der Waals surface area contributed by atoms with Gasteiger partial charge >= 0.3 is 0 Å². The highest BCUT2D eigenvalue weighted by molar-refractivity contribution is 7.25. The monoisotopic (exact) mass is 782 g/mol. The standard InChI is InChI=1S/C55H34N4S/c1-3-15-35(16-4-1)41-25-12-19-36-20-13-26-42(51(36)41)38-21-11-22-40(33-38)54-56-53(37-17-5-2-6-18-37)57-55(58-54)59-47-28-9-7-23-44(47)45-32-31-39(34-48(45)59)43-27-14-30-50-52(43)46-24-8-10-29-49(46)60-50/h1-34H. The number of aromatic nitrogens is 4. The van der Waals surface area contributed by atoms with Gasteiger partial charge in [-0.15, -0.1) is 11.3 Å². The third kappa shape index (κ3) is 5.63. The van der Waals surface area contributed by atoms with Crippen molar-refractivity contribution in [2.75, 3.05) is 0 Å². The van der Waals surface area contributed by atoms with Crippen molar-refractivity contribution < 1.29 is 0 Å². The maximum Gasteiger partial charge on any atom is 0.238 e. The van der Waals surface area contributed by atoms with E-state index in [0.717, 1.165) is 49.6 Å². The molecule has 0 fully saturated rings. The fourth-order valence-corrected chi connectivity index (χ4v) is 10.1. The van der Waals surface area contributed by atoms with Gasteiger partial charge in [0.2, 0.25) is 5.95 Å². The average Bonchev–Trinajstić information content (AvgIpc) is 3.87. The van der Waals surface area contributed by atoms with Gasteiger partial charge in [-0.1, -0.05) is 176 Å². The number of nitrogens with zero attached hydrogens (tertiary/aromatic N) is 4. The Bertz CT molecular complexity index is 3600. The molecular weight excluding hydrogens is 749 g/mol. The first-order valence-electron chi connectivity index (χ1n) is 20.2. The van der Waals surface area contributed by atoms with E-state index in [2.05, 4.69) is 193 Å². The molecule has 3 heterocycles. The summed E-state index contributed by atoms with van der Waals surface area (Å²) in [6.07, 6.45) is 0. The highest BCUT2D eigenvalue weighted by Gasteiger charge is 2.20. The van der Waals surface area contributed by atoms with Gasteiger partial charge in [-0.2, -0.15) is 9.97 Å². The van der Waals surface area contributed by atoms with Crippen LogP contribution in [0, 0.1) is 0 Å². The molecule has 0 spiro atoms. The first-order valence-corrected chi connectivity index (χ1v) is 21.0. The molecule has 0 amide bonds. The lowest BCUT2D eigenvalue weighted by atomic mass is 9.91. The van der Waals surface area contributed by atoms with Gasteiger partial charge in [0.25, 0.3) is 0 Å². The number of thiophene rings is 1. The molecule has 0 saturated carbocycles. The smallest absolute Gasteiger partial charge is 0.238 e. The first kappa shape index (κ1) is 34.3. The molecule has 280 valence electrons. The normalized spacial score (nSPS) is 11.7. The molecular formula is C55H34N4S. The second kappa shape index (κ2) is 14.0. The molecule has 0 aliphatic heterocycles. The molecule has 3 aromatic heterocycles. The molecule has 5 heteroatoms. The Morgan fingerprint density at radius 3 is 1.68 bits per heavy atom. The van der Waals surface area contributed by atoms with Gasteiger partial charge in [0, 0.05) is 42.1 Å². The summed E-state index contributed by atoms with van der Waals surface area (Å²) in [7, 11) is 0. The van der Waals surface area contributed by atoms with Gasteiger partial charge in [-0.3, -0.25) is 4.57 Å². The number of fused-ring (bicyclic) bond motifs is 7. The molecule has 12 aromatic rings. The van der Waals surface area contributed by atoms with Gasteiger partial charge in [-0.05, 0) is 74.5 Å². The number of rotatable bonds is 6. The summed E-state index contributed by atoms with van der Waals surface area (Å²) in [5.74, 6) is 1.80. The Morgan fingerprint density at radius 1 is 0.333 bits per heavy atom. The van der Waals surface area contributed by atoms with Gasteiger partial charge in [-0.25, -0.2) is 4.98 Å². The van der Waals surface area contributed by atoms with E-state index in [4.69, 9.17) is 15.0 Å². The number of hydrogen-bond donors (Lipinski definition) is 0. The molecule has 60 heavy (non-hydrogen) atoms. The molecule has 0 aliphatic rings. The van der Waals surface area contributed by atoms with Crippen LogP contribution in [-0.4, -0.2) is 19.5 Å². The van der Waals surface area contributed by atoms with Crippen LogP contribution < -0.4 is 0 Å². The number of para-hydroxylation sites is 1. The summed E-state index contributed by atoms with van der Waals surface area (Å²) in [6.45, 7) is 0. The third-order valence-electron chi connectivity index (χ3n) is 11.7. The molecule has 0 bridgehead atoms. The fourth-order valence-electron chi connectivity index (χ4n) is 8.94. The van der Waals surface area contributed by atoms with E-state index in [1.165, 1.54) is 47.6 Å². The van der Waals surface area contributed by atoms with Crippen LogP contribution in [0.3, 0.4) is 0 Å². The second-order valence-electron chi connectivity index (χ2n) is 15.2. The molecule has 4 nitrogen and oxygen atoms in total. The quantitative estimate of drug-likeness (QED) is 0.169. The summed E-state index contributed by atoms with van der Waals surface area (Å²) >= 11 is 1.84. The predicted octanol–water partition coefficient (Wildman–Crippen LogP) is 14.8. The van der Waals surface area contributed by atoms with Gasteiger partial charge in [0.05, 0.1) is 11.0 Å². The van der Waals surface area contributed by atoms with Crippen molar-refractivity contribution in [2.45, 2.75) is 0 Å². The predicted molar refractivity (Wildman–Crippen MR) is 252 cm³/mol. The number of benzene rings is 9. The first-order chi connectivity index (χ1) is 29.7. The third-order valence-corrected chi connectivity index (χ3v) is 12.8. The summed E-state index contributed by atoms with van der Waals surface area (Å²) in [5, 5.41) is 7.28. The van der Waals surface area contributed by atoms with Crippen molar-refractivity contribution in [3.63, 3.8) is 0 Å². The summed E-state index contributed by atoms with van der Waals surface area (Å²) < 4.78 is 4.80. The largest absolute Gasteiger partial charge is 0.278 e. The Balaban J connectivity index is 1.08. The van der Waals surface area contributed by atoms with E-state index >= 15 is 0 Å². The molecule has 0 N–H and O–H groups in total. The van der Waals surface area contributed by atoms with Crippen LogP contribution in [0.25, 0.3) is 115 Å². The molecule has 0 atom stereocenters. The van der Waals surface area contributed by atoms with Crippen LogP contribution in [0.15, 0.2) is 206 Å². The molecule has 0 saturated heterocycles. The minimum Gasteiger partial charge on any atom is -0.278 e. The van der Waals surface area contributed by atoms with Crippen molar-refractivity contribution >= 4 is 64.1 Å². The van der Waals surface area contributed by atoms with Crippen molar-refractivity contribution in [2.24, 2.45) is 0 Å². The zero-order valence-electron chi connectivity index (χ0n) is 32.3. The minimum absolute atomic E-state index is 0.573. The minimum atomic E-state index is 0.573. The van der Waals surface area contributed by atoms with E-state index in [0.29, 0.717) is 17.6 Å². The van der Waals surface area contributed by atoms with Crippen LogP contribution >= 0.6 is 11.3 Å². The molecule has 0 unspecified atom stereocenters. The lowest BCUT2D eigenvalue weighted by Gasteiger charge is -2.14. The molecule has 9 aromatic carbocycles. The van der Waals surface area contributed by atoms with Crippen molar-refractivity contribution in [3.8, 4) is 62.1 Å². The van der Waals surface area contributed by atoms with Gasteiger partial charge < -0.3 is 0 Å². The lowest BCUT2D eigenvalue weighted by molar-refractivity contribution is 0.953. The second-order valence-corrected chi connectivity index (χ2v) is 16.2. The Morgan fingerprint density at radius 2 is 0.883 bits per heavy atom. The summed E-state index contributed by atoms with van der Waals surface area (Å²) in [4.78, 5) is 15.8. The lowest BCUT2D eigenvalue weighted by Crippen LogP contribution is -2.06. The van der Waals surface area contributed by atoms with E-state index in [9.17, 15) is 0 Å². The molecule has 0 radical (unpaired) electrons. The highest BCUT2D eigenvalue weighted by atomic mass is 32.1. The highest BCUT2D eigenvalue weighted by Crippen LogP contribution is 2.42. The van der Waals surface area contributed by atoms with Crippen molar-refractivity contribution in [1.82, 2.24) is 19.5 Å². The van der Waals surface area contributed by atoms with Gasteiger partial charge in [0.1, 0.15) is 0 Å². The maximum absolute atomic E-state index is 5.36. The van der Waals surface area contributed by atoms with Crippen LogP contribution in [-0.2, 0) is 0 Å². The fraction of sp³-hybridized carbons (Fsp3) is 0. The van der Waals surface area contributed by atoms with Crippen LogP contribution in [0.2, 0.25) is 0 Å². The zero-order valence-corrected chi connectivity index (χ0v) is 33.1. The topological polar surface area (TPSA) is 43.6 Å².